The summed E-state index contributed by atoms with van der Waals surface area (Å²) in [7, 11) is 0. The molecule has 1 saturated heterocycles. The van der Waals surface area contributed by atoms with E-state index in [2.05, 4.69) is 40.5 Å². The number of hydrogen-bond acceptors (Lipinski definition) is 2. The van der Waals surface area contributed by atoms with Crippen LogP contribution in [-0.4, -0.2) is 31.1 Å². The lowest BCUT2D eigenvalue weighted by Gasteiger charge is -2.32. The number of nitrogens with zero attached hydrogens (tertiary/aromatic N) is 1. The van der Waals surface area contributed by atoms with E-state index in [4.69, 9.17) is 23.2 Å². The topological polar surface area (TPSA) is 15.3 Å². The SMILES string of the molecule is Clc1ccc(CNCCN2CCC(Cc3ccccc3)CC2)cc1Cl. The van der Waals surface area contributed by atoms with Gasteiger partial charge in [-0.15, -0.1) is 0 Å². The molecule has 0 unspecified atom stereocenters. The first-order chi connectivity index (χ1) is 12.2. The van der Waals surface area contributed by atoms with Crippen molar-refractivity contribution in [2.24, 2.45) is 5.92 Å². The Labute approximate surface area is 161 Å². The van der Waals surface area contributed by atoms with Crippen LogP contribution in [0.2, 0.25) is 10.0 Å². The minimum absolute atomic E-state index is 0.615. The fourth-order valence-electron chi connectivity index (χ4n) is 3.48. The minimum Gasteiger partial charge on any atom is -0.311 e. The van der Waals surface area contributed by atoms with Crippen LogP contribution in [0.25, 0.3) is 0 Å². The third-order valence-electron chi connectivity index (χ3n) is 4.99. The Morgan fingerprint density at radius 3 is 2.40 bits per heavy atom. The summed E-state index contributed by atoms with van der Waals surface area (Å²) in [5, 5.41) is 4.74. The minimum atomic E-state index is 0.615. The summed E-state index contributed by atoms with van der Waals surface area (Å²) in [6, 6.07) is 16.7. The van der Waals surface area contributed by atoms with Crippen molar-refractivity contribution in [1.82, 2.24) is 10.2 Å². The van der Waals surface area contributed by atoms with E-state index in [1.807, 2.05) is 18.2 Å². The highest BCUT2D eigenvalue weighted by molar-refractivity contribution is 6.42. The smallest absolute Gasteiger partial charge is 0.0595 e. The van der Waals surface area contributed by atoms with Crippen molar-refractivity contribution in [3.8, 4) is 0 Å². The first kappa shape index (κ1) is 18.7. The molecule has 1 aliphatic rings. The van der Waals surface area contributed by atoms with E-state index >= 15 is 0 Å². The van der Waals surface area contributed by atoms with E-state index in [0.29, 0.717) is 10.0 Å². The summed E-state index contributed by atoms with van der Waals surface area (Å²) in [6.45, 7) is 5.38. The van der Waals surface area contributed by atoms with Crippen molar-refractivity contribution in [3.63, 3.8) is 0 Å². The zero-order chi connectivity index (χ0) is 17.5. The second kappa shape index (κ2) is 9.59. The maximum Gasteiger partial charge on any atom is 0.0595 e. The average Bonchev–Trinajstić information content (AvgIpc) is 2.64. The molecule has 0 spiro atoms. The van der Waals surface area contributed by atoms with Crippen LogP contribution in [0.15, 0.2) is 48.5 Å². The van der Waals surface area contributed by atoms with Gasteiger partial charge in [0.15, 0.2) is 0 Å². The molecule has 2 aromatic carbocycles. The maximum atomic E-state index is 6.05. The second-order valence-electron chi connectivity index (χ2n) is 6.90. The number of likely N-dealkylation sites (tertiary alicyclic amines) is 1. The van der Waals surface area contributed by atoms with Crippen molar-refractivity contribution in [1.29, 1.82) is 0 Å². The van der Waals surface area contributed by atoms with Gasteiger partial charge in [-0.3, -0.25) is 0 Å². The van der Waals surface area contributed by atoms with Gasteiger partial charge in [0.1, 0.15) is 0 Å². The van der Waals surface area contributed by atoms with E-state index in [-0.39, 0.29) is 0 Å². The van der Waals surface area contributed by atoms with Crippen molar-refractivity contribution >= 4 is 23.2 Å². The van der Waals surface area contributed by atoms with Crippen molar-refractivity contribution < 1.29 is 0 Å². The highest BCUT2D eigenvalue weighted by Crippen LogP contribution is 2.23. The van der Waals surface area contributed by atoms with Crippen LogP contribution in [-0.2, 0) is 13.0 Å². The molecule has 0 bridgehead atoms. The van der Waals surface area contributed by atoms with Gasteiger partial charge in [-0.05, 0) is 61.5 Å². The van der Waals surface area contributed by atoms with Crippen LogP contribution < -0.4 is 5.32 Å². The Bertz CT molecular complexity index is 652. The van der Waals surface area contributed by atoms with Gasteiger partial charge in [-0.1, -0.05) is 59.6 Å². The summed E-state index contributed by atoms with van der Waals surface area (Å²) in [5.41, 5.74) is 2.65. The van der Waals surface area contributed by atoms with Gasteiger partial charge in [0.05, 0.1) is 10.0 Å². The Morgan fingerprint density at radius 1 is 0.920 bits per heavy atom. The highest BCUT2D eigenvalue weighted by atomic mass is 35.5. The lowest BCUT2D eigenvalue weighted by Crippen LogP contribution is -2.38. The predicted octanol–water partition coefficient (Wildman–Crippen LogP) is 5.04. The van der Waals surface area contributed by atoms with Gasteiger partial charge in [0.2, 0.25) is 0 Å². The number of nitrogens with one attached hydrogen (secondary N) is 1. The maximum absolute atomic E-state index is 6.05. The predicted molar refractivity (Wildman–Crippen MR) is 107 cm³/mol. The van der Waals surface area contributed by atoms with Gasteiger partial charge in [-0.2, -0.15) is 0 Å². The molecule has 0 saturated carbocycles. The van der Waals surface area contributed by atoms with E-state index in [0.717, 1.165) is 25.6 Å². The van der Waals surface area contributed by atoms with E-state index in [1.165, 1.54) is 43.5 Å². The molecule has 1 N–H and O–H groups in total. The number of rotatable bonds is 7. The van der Waals surface area contributed by atoms with Crippen LogP contribution in [0.1, 0.15) is 24.0 Å². The molecule has 0 atom stereocenters. The molecule has 2 nitrogen and oxygen atoms in total. The molecule has 3 rings (SSSR count). The van der Waals surface area contributed by atoms with Crippen LogP contribution in [0.4, 0.5) is 0 Å². The standard InChI is InChI=1S/C21H26Cl2N2/c22-20-7-6-19(15-21(20)23)16-24-10-13-25-11-8-18(9-12-25)14-17-4-2-1-3-5-17/h1-7,15,18,24H,8-14,16H2. The first-order valence-electron chi connectivity index (χ1n) is 9.11. The van der Waals surface area contributed by atoms with E-state index in [1.54, 1.807) is 0 Å². The summed E-state index contributed by atoms with van der Waals surface area (Å²) >= 11 is 12.0. The summed E-state index contributed by atoms with van der Waals surface area (Å²) in [5.74, 6) is 0.836. The van der Waals surface area contributed by atoms with Gasteiger partial charge in [-0.25, -0.2) is 0 Å². The number of benzene rings is 2. The normalized spacial score (nSPS) is 16.2. The Hall–Kier alpha value is -1.06. The molecule has 4 heteroatoms. The molecule has 0 amide bonds. The summed E-state index contributed by atoms with van der Waals surface area (Å²) < 4.78 is 0. The van der Waals surface area contributed by atoms with Gasteiger partial charge in [0, 0.05) is 19.6 Å². The molecular formula is C21H26Cl2N2. The van der Waals surface area contributed by atoms with Crippen molar-refractivity contribution in [2.45, 2.75) is 25.8 Å². The Balaban J connectivity index is 1.32. The van der Waals surface area contributed by atoms with Gasteiger partial charge in [0.25, 0.3) is 0 Å². The molecule has 25 heavy (non-hydrogen) atoms. The van der Waals surface area contributed by atoms with Gasteiger partial charge < -0.3 is 10.2 Å². The highest BCUT2D eigenvalue weighted by Gasteiger charge is 2.18. The van der Waals surface area contributed by atoms with Gasteiger partial charge >= 0.3 is 0 Å². The zero-order valence-electron chi connectivity index (χ0n) is 14.6. The number of hydrogen-bond donors (Lipinski definition) is 1. The Kier molecular flexibility index (Phi) is 7.18. The lowest BCUT2D eigenvalue weighted by molar-refractivity contribution is 0.184. The monoisotopic (exact) mass is 376 g/mol. The van der Waals surface area contributed by atoms with Crippen LogP contribution >= 0.6 is 23.2 Å². The van der Waals surface area contributed by atoms with Crippen molar-refractivity contribution in [2.75, 3.05) is 26.2 Å². The third kappa shape index (κ3) is 6.00. The third-order valence-corrected chi connectivity index (χ3v) is 5.73. The first-order valence-corrected chi connectivity index (χ1v) is 9.87. The lowest BCUT2D eigenvalue weighted by atomic mass is 9.90. The molecule has 0 aromatic heterocycles. The largest absolute Gasteiger partial charge is 0.311 e. The summed E-state index contributed by atoms with van der Waals surface area (Å²) in [4.78, 5) is 2.57. The van der Waals surface area contributed by atoms with E-state index < -0.39 is 0 Å². The van der Waals surface area contributed by atoms with E-state index in [9.17, 15) is 0 Å². The number of piperidine rings is 1. The zero-order valence-corrected chi connectivity index (χ0v) is 16.1. The molecule has 1 aliphatic heterocycles. The van der Waals surface area contributed by atoms with Crippen LogP contribution in [0.3, 0.4) is 0 Å². The number of halogens is 2. The van der Waals surface area contributed by atoms with Crippen LogP contribution in [0.5, 0.6) is 0 Å². The molecule has 0 aliphatic carbocycles. The molecule has 2 aromatic rings. The molecule has 1 fully saturated rings. The summed E-state index contributed by atoms with van der Waals surface area (Å²) in [6.07, 6.45) is 3.84. The second-order valence-corrected chi connectivity index (χ2v) is 7.71. The Morgan fingerprint density at radius 2 is 1.68 bits per heavy atom. The molecule has 1 heterocycles. The van der Waals surface area contributed by atoms with Crippen molar-refractivity contribution in [3.05, 3.63) is 69.7 Å². The molecular weight excluding hydrogens is 351 g/mol. The average molecular weight is 377 g/mol. The molecule has 134 valence electrons. The quantitative estimate of drug-likeness (QED) is 0.681. The molecule has 0 radical (unpaired) electrons. The fourth-order valence-corrected chi connectivity index (χ4v) is 3.80. The van der Waals surface area contributed by atoms with Crippen LogP contribution in [0, 0.1) is 5.92 Å². The fraction of sp³-hybridized carbons (Fsp3) is 0.429.